The van der Waals surface area contributed by atoms with Crippen molar-refractivity contribution in [3.63, 3.8) is 0 Å². The first-order valence-corrected chi connectivity index (χ1v) is 11.6. The largest absolute Gasteiger partial charge is 0.508 e. The van der Waals surface area contributed by atoms with Crippen LogP contribution in [0.15, 0.2) is 54.1 Å². The number of aliphatic hydroxyl groups excluding tert-OH is 1. The van der Waals surface area contributed by atoms with E-state index in [1.807, 2.05) is 19.9 Å². The van der Waals surface area contributed by atoms with E-state index < -0.39 is 23.5 Å². The third-order valence-corrected chi connectivity index (χ3v) is 6.91. The van der Waals surface area contributed by atoms with Gasteiger partial charge in [-0.05, 0) is 54.8 Å². The number of carbonyl (C=O) groups excluding carboxylic acids is 2. The van der Waals surface area contributed by atoms with Crippen LogP contribution in [0, 0.1) is 13.8 Å². The highest BCUT2D eigenvalue weighted by Crippen LogP contribution is 2.48. The van der Waals surface area contributed by atoms with Crippen LogP contribution in [0.5, 0.6) is 17.2 Å². The summed E-state index contributed by atoms with van der Waals surface area (Å²) in [5, 5.41) is 21.4. The van der Waals surface area contributed by atoms with Gasteiger partial charge in [0.25, 0.3) is 11.7 Å². The standard InChI is InChI=1S/C27H23Cl2NO6/c1-13-6-5-7-19(14(13)2)30-22(15-8-10-16(31)11-9-15)20(24(33)27(30)34)23(32)17-12-18(28)26(36-4)21(29)25(17)35-3/h5-12,22,31-32H,1-4H3/b23-20+. The van der Waals surface area contributed by atoms with Crippen molar-refractivity contribution in [3.05, 3.63) is 86.4 Å². The molecule has 1 aliphatic rings. The summed E-state index contributed by atoms with van der Waals surface area (Å²) in [6.45, 7) is 3.75. The monoisotopic (exact) mass is 527 g/mol. The summed E-state index contributed by atoms with van der Waals surface area (Å²) in [6.07, 6.45) is 0. The number of rotatable bonds is 5. The van der Waals surface area contributed by atoms with Crippen molar-refractivity contribution in [2.75, 3.05) is 19.1 Å². The predicted molar refractivity (Wildman–Crippen MR) is 138 cm³/mol. The van der Waals surface area contributed by atoms with Crippen molar-refractivity contribution in [1.29, 1.82) is 0 Å². The van der Waals surface area contributed by atoms with Crippen LogP contribution in [-0.2, 0) is 9.59 Å². The molecule has 0 spiro atoms. The highest BCUT2D eigenvalue weighted by atomic mass is 35.5. The minimum atomic E-state index is -1.00. The molecule has 0 aliphatic carbocycles. The average Bonchev–Trinajstić information content (AvgIpc) is 3.11. The molecular weight excluding hydrogens is 505 g/mol. The lowest BCUT2D eigenvalue weighted by atomic mass is 9.94. The molecule has 2 N–H and O–H groups in total. The van der Waals surface area contributed by atoms with Crippen LogP contribution in [0.25, 0.3) is 5.76 Å². The molecule has 3 aromatic carbocycles. The Morgan fingerprint density at radius 3 is 2.22 bits per heavy atom. The number of phenols is 1. The molecule has 1 atom stereocenters. The van der Waals surface area contributed by atoms with Gasteiger partial charge in [0.05, 0.1) is 36.4 Å². The number of carbonyl (C=O) groups is 2. The molecule has 1 fully saturated rings. The number of benzene rings is 3. The molecule has 1 saturated heterocycles. The maximum Gasteiger partial charge on any atom is 0.300 e. The molecular formula is C27H23Cl2NO6. The van der Waals surface area contributed by atoms with E-state index in [2.05, 4.69) is 0 Å². The summed E-state index contributed by atoms with van der Waals surface area (Å²) in [4.78, 5) is 28.2. The first-order chi connectivity index (χ1) is 17.1. The summed E-state index contributed by atoms with van der Waals surface area (Å²) in [7, 11) is 2.73. The number of halogens is 2. The van der Waals surface area contributed by atoms with Gasteiger partial charge in [-0.1, -0.05) is 47.5 Å². The molecule has 3 aromatic rings. The number of nitrogens with zero attached hydrogens (tertiary/aromatic N) is 1. The minimum absolute atomic E-state index is 0.000935. The third-order valence-electron chi connectivity index (χ3n) is 6.28. The second-order valence-corrected chi connectivity index (χ2v) is 9.05. The number of ether oxygens (including phenoxy) is 2. The van der Waals surface area contributed by atoms with Gasteiger partial charge >= 0.3 is 0 Å². The van der Waals surface area contributed by atoms with E-state index in [1.54, 1.807) is 24.3 Å². The van der Waals surface area contributed by atoms with E-state index in [0.29, 0.717) is 11.3 Å². The van der Waals surface area contributed by atoms with Gasteiger partial charge in [0.15, 0.2) is 11.5 Å². The second kappa shape index (κ2) is 9.76. The van der Waals surface area contributed by atoms with E-state index in [4.69, 9.17) is 32.7 Å². The van der Waals surface area contributed by atoms with Crippen LogP contribution in [0.3, 0.4) is 0 Å². The van der Waals surface area contributed by atoms with Gasteiger partial charge in [0.1, 0.15) is 16.5 Å². The topological polar surface area (TPSA) is 96.3 Å². The zero-order valence-corrected chi connectivity index (χ0v) is 21.4. The van der Waals surface area contributed by atoms with Crippen LogP contribution in [0.4, 0.5) is 5.69 Å². The van der Waals surface area contributed by atoms with Crippen molar-refractivity contribution in [2.45, 2.75) is 19.9 Å². The molecule has 9 heteroatoms. The Kier molecular flexibility index (Phi) is 6.89. The smallest absolute Gasteiger partial charge is 0.300 e. The summed E-state index contributed by atoms with van der Waals surface area (Å²) in [5.41, 5.74) is 2.59. The number of hydrogen-bond donors (Lipinski definition) is 2. The maximum absolute atomic E-state index is 13.5. The highest BCUT2D eigenvalue weighted by Gasteiger charge is 2.47. The average molecular weight is 528 g/mol. The lowest BCUT2D eigenvalue weighted by molar-refractivity contribution is -0.132. The fourth-order valence-electron chi connectivity index (χ4n) is 4.34. The number of methoxy groups -OCH3 is 2. The molecule has 7 nitrogen and oxygen atoms in total. The van der Waals surface area contributed by atoms with E-state index in [-0.39, 0.29) is 38.4 Å². The van der Waals surface area contributed by atoms with Gasteiger partial charge in [-0.15, -0.1) is 0 Å². The van der Waals surface area contributed by atoms with Crippen LogP contribution in [0.2, 0.25) is 10.0 Å². The van der Waals surface area contributed by atoms with Gasteiger partial charge in [0.2, 0.25) is 0 Å². The van der Waals surface area contributed by atoms with E-state index in [9.17, 15) is 19.8 Å². The van der Waals surface area contributed by atoms with Gasteiger partial charge in [-0.2, -0.15) is 0 Å². The number of amides is 1. The normalized spacial score (nSPS) is 16.9. The number of aliphatic hydroxyl groups is 1. The molecule has 0 bridgehead atoms. The van der Waals surface area contributed by atoms with E-state index >= 15 is 0 Å². The first-order valence-electron chi connectivity index (χ1n) is 10.9. The van der Waals surface area contributed by atoms with Crippen LogP contribution in [-0.4, -0.2) is 36.1 Å². The molecule has 4 rings (SSSR count). The molecule has 36 heavy (non-hydrogen) atoms. The Morgan fingerprint density at radius 2 is 1.61 bits per heavy atom. The maximum atomic E-state index is 13.5. The van der Waals surface area contributed by atoms with Crippen LogP contribution < -0.4 is 14.4 Å². The molecule has 1 aliphatic heterocycles. The fourth-order valence-corrected chi connectivity index (χ4v) is 5.03. The zero-order valence-electron chi connectivity index (χ0n) is 19.9. The lowest BCUT2D eigenvalue weighted by Crippen LogP contribution is -2.30. The Balaban J connectivity index is 2.04. The summed E-state index contributed by atoms with van der Waals surface area (Å²) in [5.74, 6) is -2.04. The molecule has 186 valence electrons. The minimum Gasteiger partial charge on any atom is -0.508 e. The Bertz CT molecular complexity index is 1410. The van der Waals surface area contributed by atoms with Crippen molar-refractivity contribution in [3.8, 4) is 17.2 Å². The Morgan fingerprint density at radius 1 is 0.972 bits per heavy atom. The fraction of sp³-hybridized carbons (Fsp3) is 0.185. The quantitative estimate of drug-likeness (QED) is 0.241. The molecule has 1 unspecified atom stereocenters. The number of aromatic hydroxyl groups is 1. The number of anilines is 1. The van der Waals surface area contributed by atoms with Gasteiger partial charge in [-0.25, -0.2) is 0 Å². The van der Waals surface area contributed by atoms with Gasteiger partial charge < -0.3 is 19.7 Å². The molecule has 1 heterocycles. The molecule has 1 amide bonds. The van der Waals surface area contributed by atoms with Crippen molar-refractivity contribution < 1.29 is 29.3 Å². The van der Waals surface area contributed by atoms with Gasteiger partial charge in [-0.3, -0.25) is 14.5 Å². The zero-order chi connectivity index (χ0) is 26.3. The summed E-state index contributed by atoms with van der Waals surface area (Å²) >= 11 is 12.7. The van der Waals surface area contributed by atoms with Crippen LogP contribution >= 0.6 is 23.2 Å². The predicted octanol–water partition coefficient (Wildman–Crippen LogP) is 5.96. The first kappa shape index (κ1) is 25.4. The lowest BCUT2D eigenvalue weighted by Gasteiger charge is -2.27. The number of Topliss-reactive ketones (excluding diaryl/α,β-unsaturated/α-hetero) is 1. The Labute approximate surface area is 218 Å². The van der Waals surface area contributed by atoms with Gasteiger partial charge in [0, 0.05) is 5.69 Å². The molecule has 0 radical (unpaired) electrons. The third kappa shape index (κ3) is 4.04. The number of ketones is 1. The summed E-state index contributed by atoms with van der Waals surface area (Å²) < 4.78 is 10.6. The number of hydrogen-bond acceptors (Lipinski definition) is 6. The van der Waals surface area contributed by atoms with Crippen molar-refractivity contribution >= 4 is 46.3 Å². The second-order valence-electron chi connectivity index (χ2n) is 8.27. The van der Waals surface area contributed by atoms with E-state index in [1.165, 1.54) is 37.3 Å². The van der Waals surface area contributed by atoms with Crippen molar-refractivity contribution in [2.24, 2.45) is 0 Å². The number of phenolic OH excluding ortho intramolecular Hbond substituents is 1. The summed E-state index contributed by atoms with van der Waals surface area (Å²) in [6, 6.07) is 11.8. The highest BCUT2D eigenvalue weighted by molar-refractivity contribution is 6.52. The van der Waals surface area contributed by atoms with Crippen LogP contribution in [0.1, 0.15) is 28.3 Å². The van der Waals surface area contributed by atoms with Crippen molar-refractivity contribution in [1.82, 2.24) is 0 Å². The molecule has 0 aromatic heterocycles. The van der Waals surface area contributed by atoms with E-state index in [0.717, 1.165) is 11.1 Å². The molecule has 0 saturated carbocycles. The number of aryl methyl sites for hydroxylation is 1. The SMILES string of the molecule is COc1c(Cl)cc(/C(O)=C2\C(=O)C(=O)N(c3cccc(C)c3C)C2c2ccc(O)cc2)c(OC)c1Cl. The Hall–Kier alpha value is -3.68.